The summed E-state index contributed by atoms with van der Waals surface area (Å²) in [6, 6.07) is 5.38. The number of hydrogen-bond acceptors (Lipinski definition) is 7. The number of carbonyl (C=O) groups excluding carboxylic acids is 1. The van der Waals surface area contributed by atoms with Crippen molar-refractivity contribution in [3.63, 3.8) is 0 Å². The van der Waals surface area contributed by atoms with Crippen LogP contribution in [0.5, 0.6) is 0 Å². The highest BCUT2D eigenvalue weighted by molar-refractivity contribution is 8.00. The van der Waals surface area contributed by atoms with Crippen molar-refractivity contribution < 1.29 is 13.7 Å². The van der Waals surface area contributed by atoms with Gasteiger partial charge < -0.3 is 18.8 Å². The molecule has 126 valence electrons. The van der Waals surface area contributed by atoms with Crippen LogP contribution in [-0.2, 0) is 11.3 Å². The van der Waals surface area contributed by atoms with Gasteiger partial charge in [-0.15, -0.1) is 10.2 Å². The minimum atomic E-state index is -0.318. The molecule has 0 aromatic carbocycles. The first-order chi connectivity index (χ1) is 11.7. The summed E-state index contributed by atoms with van der Waals surface area (Å²) in [4.78, 5) is 12.4. The van der Waals surface area contributed by atoms with E-state index in [1.165, 1.54) is 11.8 Å². The summed E-state index contributed by atoms with van der Waals surface area (Å²) in [6.45, 7) is 4.23. The van der Waals surface area contributed by atoms with Crippen molar-refractivity contribution in [3.05, 3.63) is 42.3 Å². The molecule has 3 heterocycles. The summed E-state index contributed by atoms with van der Waals surface area (Å²) in [7, 11) is 0. The predicted molar refractivity (Wildman–Crippen MR) is 87.6 cm³/mol. The SMILES string of the molecule is CCC(Sc1nncn1Cc1ccco1)C(=O)Nc1cc(C)on1. The molecule has 0 bridgehead atoms. The van der Waals surface area contributed by atoms with Crippen molar-refractivity contribution in [2.45, 2.75) is 37.2 Å². The lowest BCUT2D eigenvalue weighted by molar-refractivity contribution is -0.115. The Hall–Kier alpha value is -2.55. The third-order valence-electron chi connectivity index (χ3n) is 3.28. The summed E-state index contributed by atoms with van der Waals surface area (Å²) in [5, 5.41) is 14.9. The molecule has 1 atom stereocenters. The molecular weight excluding hydrogens is 330 g/mol. The standard InChI is InChI=1S/C15H17N5O3S/c1-3-12(14(21)17-13-7-10(2)23-19-13)24-15-18-16-9-20(15)8-11-5-4-6-22-11/h4-7,9,12H,3,8H2,1-2H3,(H,17,19,21). The number of nitrogens with one attached hydrogen (secondary N) is 1. The summed E-state index contributed by atoms with van der Waals surface area (Å²) in [5.41, 5.74) is 0. The zero-order valence-electron chi connectivity index (χ0n) is 13.3. The fraction of sp³-hybridized carbons (Fsp3) is 0.333. The van der Waals surface area contributed by atoms with Gasteiger partial charge in [0.05, 0.1) is 18.1 Å². The lowest BCUT2D eigenvalue weighted by Crippen LogP contribution is -2.25. The van der Waals surface area contributed by atoms with E-state index in [4.69, 9.17) is 8.94 Å². The average Bonchev–Trinajstić information content (AvgIpc) is 3.29. The van der Waals surface area contributed by atoms with Crippen molar-refractivity contribution >= 4 is 23.5 Å². The first-order valence-corrected chi connectivity index (χ1v) is 8.34. The number of nitrogens with zero attached hydrogens (tertiary/aromatic N) is 4. The van der Waals surface area contributed by atoms with Gasteiger partial charge in [-0.25, -0.2) is 0 Å². The van der Waals surface area contributed by atoms with Gasteiger partial charge in [0.15, 0.2) is 11.0 Å². The van der Waals surface area contributed by atoms with E-state index >= 15 is 0 Å². The first kappa shape index (κ1) is 16.3. The van der Waals surface area contributed by atoms with Crippen molar-refractivity contribution in [1.29, 1.82) is 0 Å². The summed E-state index contributed by atoms with van der Waals surface area (Å²) in [5.74, 6) is 1.70. The molecular formula is C15H17N5O3S. The minimum Gasteiger partial charge on any atom is -0.467 e. The molecule has 0 radical (unpaired) electrons. The smallest absolute Gasteiger partial charge is 0.239 e. The van der Waals surface area contributed by atoms with Gasteiger partial charge in [-0.3, -0.25) is 4.79 Å². The predicted octanol–water partition coefficient (Wildman–Crippen LogP) is 2.73. The Bertz CT molecular complexity index is 796. The van der Waals surface area contributed by atoms with Crippen LogP contribution in [0.2, 0.25) is 0 Å². The van der Waals surface area contributed by atoms with Gasteiger partial charge in [-0.2, -0.15) is 0 Å². The number of thioether (sulfide) groups is 1. The van der Waals surface area contributed by atoms with Gasteiger partial charge >= 0.3 is 0 Å². The average molecular weight is 347 g/mol. The third-order valence-corrected chi connectivity index (χ3v) is 4.64. The van der Waals surface area contributed by atoms with Crippen molar-refractivity contribution in [2.75, 3.05) is 5.32 Å². The molecule has 0 aliphatic carbocycles. The molecule has 24 heavy (non-hydrogen) atoms. The molecule has 1 unspecified atom stereocenters. The summed E-state index contributed by atoms with van der Waals surface area (Å²) < 4.78 is 12.1. The quantitative estimate of drug-likeness (QED) is 0.656. The first-order valence-electron chi connectivity index (χ1n) is 7.46. The van der Waals surface area contributed by atoms with E-state index in [1.54, 1.807) is 25.6 Å². The Morgan fingerprint density at radius 1 is 1.50 bits per heavy atom. The molecule has 9 heteroatoms. The second-order valence-corrected chi connectivity index (χ2v) is 6.32. The van der Waals surface area contributed by atoms with Crippen LogP contribution < -0.4 is 5.32 Å². The molecule has 3 aromatic rings. The number of rotatable bonds is 7. The zero-order valence-corrected chi connectivity index (χ0v) is 14.1. The highest BCUT2D eigenvalue weighted by Crippen LogP contribution is 2.25. The summed E-state index contributed by atoms with van der Waals surface area (Å²) >= 11 is 1.36. The van der Waals surface area contributed by atoms with Gasteiger partial charge in [0, 0.05) is 6.07 Å². The number of aryl methyl sites for hydroxylation is 1. The fourth-order valence-corrected chi connectivity index (χ4v) is 3.02. The molecule has 0 spiro atoms. The van der Waals surface area contributed by atoms with Crippen LogP contribution in [0.25, 0.3) is 0 Å². The maximum absolute atomic E-state index is 12.4. The second-order valence-electron chi connectivity index (χ2n) is 5.15. The Balaban J connectivity index is 1.67. The van der Waals surface area contributed by atoms with Gasteiger partial charge in [-0.05, 0) is 25.5 Å². The highest BCUT2D eigenvalue weighted by Gasteiger charge is 2.22. The van der Waals surface area contributed by atoms with E-state index in [9.17, 15) is 4.79 Å². The molecule has 0 aliphatic heterocycles. The maximum atomic E-state index is 12.4. The molecule has 0 aliphatic rings. The van der Waals surface area contributed by atoms with Crippen LogP contribution in [0, 0.1) is 6.92 Å². The molecule has 1 N–H and O–H groups in total. The number of furan rings is 1. The number of carbonyl (C=O) groups is 1. The van der Waals surface area contributed by atoms with E-state index in [2.05, 4.69) is 20.7 Å². The van der Waals surface area contributed by atoms with E-state index in [1.807, 2.05) is 23.6 Å². The molecule has 1 amide bonds. The van der Waals surface area contributed by atoms with Gasteiger partial charge in [0.25, 0.3) is 0 Å². The van der Waals surface area contributed by atoms with Crippen LogP contribution >= 0.6 is 11.8 Å². The summed E-state index contributed by atoms with van der Waals surface area (Å²) in [6.07, 6.45) is 3.88. The Morgan fingerprint density at radius 3 is 3.04 bits per heavy atom. The number of hydrogen-bond donors (Lipinski definition) is 1. The molecule has 3 rings (SSSR count). The van der Waals surface area contributed by atoms with Gasteiger partial charge in [-0.1, -0.05) is 23.8 Å². The van der Waals surface area contributed by atoms with Gasteiger partial charge in [0.1, 0.15) is 17.8 Å². The van der Waals surface area contributed by atoms with E-state index in [0.717, 1.165) is 5.76 Å². The fourth-order valence-electron chi connectivity index (χ4n) is 2.10. The number of anilines is 1. The lowest BCUT2D eigenvalue weighted by Gasteiger charge is -2.13. The van der Waals surface area contributed by atoms with Crippen molar-refractivity contribution in [1.82, 2.24) is 19.9 Å². The molecule has 3 aromatic heterocycles. The van der Waals surface area contributed by atoms with E-state index < -0.39 is 0 Å². The van der Waals surface area contributed by atoms with Crippen molar-refractivity contribution in [2.24, 2.45) is 0 Å². The maximum Gasteiger partial charge on any atom is 0.239 e. The second kappa shape index (κ2) is 7.35. The normalized spacial score (nSPS) is 12.2. The van der Waals surface area contributed by atoms with Crippen LogP contribution in [0.15, 0.2) is 44.9 Å². The highest BCUT2D eigenvalue weighted by atomic mass is 32.2. The van der Waals surface area contributed by atoms with E-state index in [0.29, 0.717) is 29.7 Å². The number of aromatic nitrogens is 4. The monoisotopic (exact) mass is 347 g/mol. The van der Waals surface area contributed by atoms with Crippen LogP contribution in [-0.4, -0.2) is 31.1 Å². The minimum absolute atomic E-state index is 0.150. The Kier molecular flexibility index (Phi) is 4.99. The largest absolute Gasteiger partial charge is 0.467 e. The van der Waals surface area contributed by atoms with Crippen molar-refractivity contribution in [3.8, 4) is 0 Å². The lowest BCUT2D eigenvalue weighted by atomic mass is 10.3. The molecule has 0 saturated carbocycles. The molecule has 8 nitrogen and oxygen atoms in total. The zero-order chi connectivity index (χ0) is 16.9. The Morgan fingerprint density at radius 2 is 2.38 bits per heavy atom. The van der Waals surface area contributed by atoms with Crippen LogP contribution in [0.4, 0.5) is 5.82 Å². The van der Waals surface area contributed by atoms with Crippen LogP contribution in [0.3, 0.4) is 0 Å². The Labute approximate surface area is 142 Å². The van der Waals surface area contributed by atoms with Crippen LogP contribution in [0.1, 0.15) is 24.9 Å². The molecule has 0 fully saturated rings. The molecule has 0 saturated heterocycles. The number of amides is 1. The van der Waals surface area contributed by atoms with Gasteiger partial charge in [0.2, 0.25) is 5.91 Å². The topological polar surface area (TPSA) is 99.0 Å². The van der Waals surface area contributed by atoms with E-state index in [-0.39, 0.29) is 11.2 Å². The third kappa shape index (κ3) is 3.85.